The van der Waals surface area contributed by atoms with E-state index in [1.165, 1.54) is 29.8 Å². The average molecular weight is 547 g/mol. The summed E-state index contributed by atoms with van der Waals surface area (Å²) in [5.74, 6) is -0.430. The first-order valence-electron chi connectivity index (χ1n) is 12.0. The number of ether oxygens (including phenoxy) is 1. The zero-order valence-electron chi connectivity index (χ0n) is 21.3. The maximum Gasteiger partial charge on any atom is 0.338 e. The van der Waals surface area contributed by atoms with E-state index >= 15 is 0 Å². The summed E-state index contributed by atoms with van der Waals surface area (Å²) in [6.45, 7) is 8.29. The van der Waals surface area contributed by atoms with Crippen LogP contribution in [0.25, 0.3) is 12.2 Å². The predicted molar refractivity (Wildman–Crippen MR) is 147 cm³/mol. The summed E-state index contributed by atoms with van der Waals surface area (Å²) in [4.78, 5) is 11.7. The number of rotatable bonds is 10. The Morgan fingerprint density at radius 1 is 0.974 bits per heavy atom. The van der Waals surface area contributed by atoms with Crippen molar-refractivity contribution in [2.45, 2.75) is 24.1 Å². The first kappa shape index (κ1) is 29.2. The third-order valence-corrected chi connectivity index (χ3v) is 6.42. The van der Waals surface area contributed by atoms with E-state index < -0.39 is 22.2 Å². The number of nitrogens with zero attached hydrogens (tertiary/aromatic N) is 2. The molecule has 0 aliphatic heterocycles. The van der Waals surface area contributed by atoms with Gasteiger partial charge in [-0.3, -0.25) is 0 Å². The average Bonchev–Trinajstić information content (AvgIpc) is 3.38. The Bertz CT molecular complexity index is 1480. The molecule has 0 radical (unpaired) electrons. The molecule has 4 aromatic rings. The minimum Gasteiger partial charge on any atom is -0.744 e. The first-order valence-corrected chi connectivity index (χ1v) is 13.4. The van der Waals surface area contributed by atoms with Crippen LogP contribution in [0.4, 0.5) is 0 Å². The Morgan fingerprint density at radius 3 is 2.13 bits per heavy atom. The highest BCUT2D eigenvalue weighted by molar-refractivity contribution is 7.85. The number of carbonyl (C=O) groups is 1. The van der Waals surface area contributed by atoms with Gasteiger partial charge in [0.05, 0.1) is 10.5 Å². The molecule has 0 amide bonds. The monoisotopic (exact) mass is 546 g/mol. The fraction of sp³-hybridized carbons (Fsp3) is 0.133. The molecule has 0 bridgehead atoms. The van der Waals surface area contributed by atoms with Crippen LogP contribution in [0.1, 0.15) is 27.0 Å². The second-order valence-electron chi connectivity index (χ2n) is 8.57. The van der Waals surface area contributed by atoms with Crippen molar-refractivity contribution < 1.29 is 32.2 Å². The second-order valence-corrected chi connectivity index (χ2v) is 9.95. The van der Waals surface area contributed by atoms with Gasteiger partial charge in [-0.1, -0.05) is 79.9 Å². The zero-order chi connectivity index (χ0) is 28.3. The SMILES string of the molecule is C=Cc1ccc(C[n+]2ccn(CC(O)COC(=O)c3ccccc3)c2)cc1.C=Cc1ccc(S(=O)(=O)[O-])cc1. The lowest BCUT2D eigenvalue weighted by Gasteiger charge is -2.09. The maximum atomic E-state index is 11.9. The van der Waals surface area contributed by atoms with Crippen LogP contribution >= 0.6 is 0 Å². The van der Waals surface area contributed by atoms with Crippen molar-refractivity contribution in [3.05, 3.63) is 133 Å². The molecule has 4 rings (SSSR count). The Morgan fingerprint density at radius 2 is 1.56 bits per heavy atom. The molecule has 202 valence electrons. The maximum absolute atomic E-state index is 11.9. The lowest BCUT2D eigenvalue weighted by molar-refractivity contribution is -0.687. The standard InChI is InChI=1S/C22H23N2O3.C8H8O3S/c1-2-18-8-10-19(11-9-18)14-23-12-13-24(17-23)15-21(25)16-27-22(26)20-6-4-3-5-7-20;1-2-7-3-5-8(6-4-7)12(9,10)11/h2-13,17,21,25H,1,14-16H2;2-6H,1H2,(H,9,10,11)/q+1;/p-1. The van der Waals surface area contributed by atoms with Gasteiger partial charge in [0.25, 0.3) is 0 Å². The van der Waals surface area contributed by atoms with E-state index in [4.69, 9.17) is 4.74 Å². The molecule has 39 heavy (non-hydrogen) atoms. The van der Waals surface area contributed by atoms with Gasteiger partial charge in [-0.15, -0.1) is 0 Å². The quantitative estimate of drug-likeness (QED) is 0.183. The molecule has 0 saturated carbocycles. The summed E-state index contributed by atoms with van der Waals surface area (Å²) in [7, 11) is -4.31. The Hall–Kier alpha value is -4.31. The second kappa shape index (κ2) is 14.0. The fourth-order valence-electron chi connectivity index (χ4n) is 3.51. The van der Waals surface area contributed by atoms with Crippen molar-refractivity contribution in [2.24, 2.45) is 0 Å². The number of aromatic nitrogens is 2. The first-order chi connectivity index (χ1) is 18.7. The summed E-state index contributed by atoms with van der Waals surface area (Å²) in [6, 6.07) is 22.5. The predicted octanol–water partition coefficient (Wildman–Crippen LogP) is 3.92. The van der Waals surface area contributed by atoms with Crippen molar-refractivity contribution in [2.75, 3.05) is 6.61 Å². The molecule has 1 atom stereocenters. The third-order valence-electron chi connectivity index (χ3n) is 5.57. The number of hydrogen-bond donors (Lipinski definition) is 1. The normalized spacial score (nSPS) is 11.5. The van der Waals surface area contributed by atoms with Gasteiger partial charge in [0.1, 0.15) is 48.3 Å². The van der Waals surface area contributed by atoms with Gasteiger partial charge in [0.15, 0.2) is 0 Å². The van der Waals surface area contributed by atoms with Gasteiger partial charge in [0.2, 0.25) is 6.33 Å². The van der Waals surface area contributed by atoms with E-state index in [0.29, 0.717) is 12.1 Å². The van der Waals surface area contributed by atoms with Gasteiger partial charge >= 0.3 is 5.97 Å². The number of hydrogen-bond acceptors (Lipinski definition) is 6. The van der Waals surface area contributed by atoms with Crippen molar-refractivity contribution in [3.8, 4) is 0 Å². The van der Waals surface area contributed by atoms with Crippen LogP contribution in [0.2, 0.25) is 0 Å². The lowest BCUT2D eigenvalue weighted by Crippen LogP contribution is -2.32. The van der Waals surface area contributed by atoms with Crippen LogP contribution in [0, 0.1) is 0 Å². The molecular formula is C30H30N2O6S. The number of imidazole rings is 1. The van der Waals surface area contributed by atoms with Gasteiger partial charge in [-0.2, -0.15) is 0 Å². The molecule has 0 fully saturated rings. The van der Waals surface area contributed by atoms with Crippen LogP contribution in [-0.4, -0.2) is 41.3 Å². The minimum atomic E-state index is -4.31. The molecule has 9 heteroatoms. The van der Waals surface area contributed by atoms with Crippen LogP contribution in [0.3, 0.4) is 0 Å². The van der Waals surface area contributed by atoms with Crippen LogP contribution in [0.15, 0.2) is 116 Å². The molecule has 1 unspecified atom stereocenters. The Kier molecular flexibility index (Phi) is 10.5. The zero-order valence-corrected chi connectivity index (χ0v) is 22.1. The fourth-order valence-corrected chi connectivity index (χ4v) is 3.98. The van der Waals surface area contributed by atoms with Crippen LogP contribution in [-0.2, 0) is 27.9 Å². The Balaban J connectivity index is 0.000000293. The van der Waals surface area contributed by atoms with E-state index in [-0.39, 0.29) is 11.5 Å². The molecule has 0 aliphatic carbocycles. The number of esters is 1. The topological polar surface area (TPSA) is 113 Å². The number of carbonyl (C=O) groups excluding carboxylic acids is 1. The Labute approximate surface area is 228 Å². The largest absolute Gasteiger partial charge is 0.744 e. The van der Waals surface area contributed by atoms with Gasteiger partial charge in [-0.05, 0) is 41.0 Å². The number of aliphatic hydroxyl groups is 1. The molecule has 1 N–H and O–H groups in total. The van der Waals surface area contributed by atoms with E-state index in [2.05, 4.69) is 25.3 Å². The molecule has 1 heterocycles. The van der Waals surface area contributed by atoms with Gasteiger partial charge in [-0.25, -0.2) is 22.3 Å². The van der Waals surface area contributed by atoms with Crippen molar-refractivity contribution in [1.29, 1.82) is 0 Å². The van der Waals surface area contributed by atoms with Crippen LogP contribution in [0.5, 0.6) is 0 Å². The number of benzene rings is 3. The summed E-state index contributed by atoms with van der Waals surface area (Å²) in [5, 5.41) is 10.1. The van der Waals surface area contributed by atoms with Gasteiger partial charge < -0.3 is 14.4 Å². The summed E-state index contributed by atoms with van der Waals surface area (Å²) in [6.07, 6.45) is 8.37. The van der Waals surface area contributed by atoms with Crippen molar-refractivity contribution in [1.82, 2.24) is 4.57 Å². The molecule has 0 aliphatic rings. The summed E-state index contributed by atoms with van der Waals surface area (Å²) < 4.78 is 40.4. The highest BCUT2D eigenvalue weighted by Gasteiger charge is 2.14. The summed E-state index contributed by atoms with van der Waals surface area (Å²) in [5.41, 5.74) is 3.53. The van der Waals surface area contributed by atoms with E-state index in [1.807, 2.05) is 52.1 Å². The number of aliphatic hydroxyl groups excluding tert-OH is 1. The molecule has 0 saturated heterocycles. The summed E-state index contributed by atoms with van der Waals surface area (Å²) >= 11 is 0. The van der Waals surface area contributed by atoms with Crippen molar-refractivity contribution in [3.63, 3.8) is 0 Å². The van der Waals surface area contributed by atoms with Gasteiger partial charge in [0, 0.05) is 0 Å². The lowest BCUT2D eigenvalue weighted by atomic mass is 10.1. The van der Waals surface area contributed by atoms with Crippen molar-refractivity contribution >= 4 is 28.2 Å². The molecular weight excluding hydrogens is 516 g/mol. The van der Waals surface area contributed by atoms with E-state index in [1.54, 1.807) is 30.3 Å². The smallest absolute Gasteiger partial charge is 0.338 e. The molecule has 0 spiro atoms. The molecule has 3 aromatic carbocycles. The molecule has 8 nitrogen and oxygen atoms in total. The third kappa shape index (κ3) is 9.50. The van der Waals surface area contributed by atoms with Crippen LogP contribution < -0.4 is 4.57 Å². The minimum absolute atomic E-state index is 0.0467. The van der Waals surface area contributed by atoms with E-state index in [0.717, 1.165) is 17.7 Å². The highest BCUT2D eigenvalue weighted by Crippen LogP contribution is 2.10. The highest BCUT2D eigenvalue weighted by atomic mass is 32.2. The van der Waals surface area contributed by atoms with E-state index in [9.17, 15) is 22.9 Å². The molecule has 1 aromatic heterocycles.